The zero-order chi connectivity index (χ0) is 19.4. The van der Waals surface area contributed by atoms with E-state index >= 15 is 0 Å². The quantitative estimate of drug-likeness (QED) is 0.589. The van der Waals surface area contributed by atoms with Crippen molar-refractivity contribution in [2.75, 3.05) is 0 Å². The van der Waals surface area contributed by atoms with Crippen molar-refractivity contribution in [2.45, 2.75) is 52.6 Å². The third kappa shape index (κ3) is 5.01. The maximum Gasteiger partial charge on any atom is 0.102 e. The van der Waals surface area contributed by atoms with Crippen LogP contribution in [0.15, 0.2) is 36.8 Å². The van der Waals surface area contributed by atoms with E-state index in [1.54, 1.807) is 12.3 Å². The highest BCUT2D eigenvalue weighted by molar-refractivity contribution is 6.34. The summed E-state index contributed by atoms with van der Waals surface area (Å²) in [6, 6.07) is 1.76. The molecule has 1 aromatic rings. The van der Waals surface area contributed by atoms with Crippen LogP contribution in [0.5, 0.6) is 0 Å². The van der Waals surface area contributed by atoms with Gasteiger partial charge in [0, 0.05) is 12.6 Å². The Hall–Kier alpha value is -1.52. The molecule has 26 heavy (non-hydrogen) atoms. The van der Waals surface area contributed by atoms with Crippen molar-refractivity contribution in [3.05, 3.63) is 52.6 Å². The molecule has 0 bridgehead atoms. The van der Waals surface area contributed by atoms with Crippen LogP contribution in [-0.2, 0) is 6.54 Å². The lowest BCUT2D eigenvalue weighted by molar-refractivity contribution is 0.215. The van der Waals surface area contributed by atoms with Gasteiger partial charge in [-0.3, -0.25) is 10.4 Å². The number of piperidine rings is 1. The van der Waals surface area contributed by atoms with E-state index < -0.39 is 0 Å². The summed E-state index contributed by atoms with van der Waals surface area (Å²) in [4.78, 5) is 6.25. The van der Waals surface area contributed by atoms with Gasteiger partial charge in [0.2, 0.25) is 0 Å². The van der Waals surface area contributed by atoms with Gasteiger partial charge < -0.3 is 10.2 Å². The number of nitrogens with zero attached hydrogens (tertiary/aromatic N) is 2. The average Bonchev–Trinajstić information content (AvgIpc) is 2.54. The Labute approximate surface area is 166 Å². The molecular formula is C20H28Cl2N4. The number of pyridine rings is 1. The Bertz CT molecular complexity index is 699. The highest BCUT2D eigenvalue weighted by Gasteiger charge is 2.36. The minimum Gasteiger partial charge on any atom is -0.366 e. The Morgan fingerprint density at radius 1 is 1.42 bits per heavy atom. The lowest BCUT2D eigenvalue weighted by atomic mass is 9.80. The van der Waals surface area contributed by atoms with Crippen LogP contribution in [0.2, 0.25) is 10.0 Å². The minimum absolute atomic E-state index is 0.0901. The van der Waals surface area contributed by atoms with Gasteiger partial charge in [-0.1, -0.05) is 55.8 Å². The summed E-state index contributed by atoms with van der Waals surface area (Å²) < 4.78 is 0. The highest BCUT2D eigenvalue weighted by atomic mass is 35.5. The third-order valence-corrected chi connectivity index (χ3v) is 5.22. The van der Waals surface area contributed by atoms with Gasteiger partial charge in [0.25, 0.3) is 0 Å². The molecule has 2 atom stereocenters. The van der Waals surface area contributed by atoms with Crippen molar-refractivity contribution in [3.63, 3.8) is 0 Å². The van der Waals surface area contributed by atoms with Gasteiger partial charge >= 0.3 is 0 Å². The fraction of sp³-hybridized carbons (Fsp3) is 0.500. The van der Waals surface area contributed by atoms with Crippen LogP contribution >= 0.6 is 23.2 Å². The molecule has 0 aliphatic carbocycles. The standard InChI is InChI=1S/C20H28Cl2N4/c1-12(2)8-15-6-7-19(23)26(20(15)13(3)4)14(5)24-11-18-17(22)9-16(21)10-25-18/h9-10,12,15,20,23-24H,3,5-8,11H2,1-2,4H3. The summed E-state index contributed by atoms with van der Waals surface area (Å²) in [5, 5.41) is 12.8. The minimum atomic E-state index is 0.0901. The lowest BCUT2D eigenvalue weighted by Crippen LogP contribution is -2.50. The van der Waals surface area contributed by atoms with E-state index in [9.17, 15) is 0 Å². The maximum absolute atomic E-state index is 8.45. The molecule has 1 saturated heterocycles. The molecule has 2 rings (SSSR count). The van der Waals surface area contributed by atoms with Crippen LogP contribution in [0.3, 0.4) is 0 Å². The summed E-state index contributed by atoms with van der Waals surface area (Å²) in [5.74, 6) is 2.33. The van der Waals surface area contributed by atoms with Crippen LogP contribution in [0.4, 0.5) is 0 Å². The third-order valence-electron chi connectivity index (χ3n) is 4.68. The van der Waals surface area contributed by atoms with Crippen molar-refractivity contribution in [2.24, 2.45) is 11.8 Å². The molecule has 6 heteroatoms. The molecule has 1 aliphatic heterocycles. The molecule has 1 aliphatic rings. The molecule has 0 radical (unpaired) electrons. The van der Waals surface area contributed by atoms with E-state index in [4.69, 9.17) is 28.6 Å². The summed E-state index contributed by atoms with van der Waals surface area (Å²) in [6.07, 6.45) is 4.45. The Kier molecular flexibility index (Phi) is 7.13. The number of nitrogens with one attached hydrogen (secondary N) is 2. The second-order valence-electron chi connectivity index (χ2n) is 7.42. The summed E-state index contributed by atoms with van der Waals surface area (Å²) in [7, 11) is 0. The van der Waals surface area contributed by atoms with Gasteiger partial charge in [0.15, 0.2) is 0 Å². The van der Waals surface area contributed by atoms with Crippen molar-refractivity contribution in [1.82, 2.24) is 15.2 Å². The molecule has 142 valence electrons. The second-order valence-corrected chi connectivity index (χ2v) is 8.26. The molecule has 1 fully saturated rings. The predicted octanol–water partition coefficient (Wildman–Crippen LogP) is 5.63. The van der Waals surface area contributed by atoms with Gasteiger partial charge in [-0.05, 0) is 37.7 Å². The molecule has 2 unspecified atom stereocenters. The fourth-order valence-corrected chi connectivity index (χ4v) is 4.08. The van der Waals surface area contributed by atoms with Gasteiger partial charge in [-0.2, -0.15) is 0 Å². The molecule has 0 spiro atoms. The molecule has 2 heterocycles. The Balaban J connectivity index is 2.15. The van der Waals surface area contributed by atoms with Crippen LogP contribution in [0, 0.1) is 17.2 Å². The van der Waals surface area contributed by atoms with Crippen molar-refractivity contribution in [3.8, 4) is 0 Å². The van der Waals surface area contributed by atoms with Crippen LogP contribution in [-0.4, -0.2) is 21.8 Å². The number of hydrogen-bond donors (Lipinski definition) is 2. The Morgan fingerprint density at radius 2 is 2.12 bits per heavy atom. The number of likely N-dealkylation sites (tertiary alicyclic amines) is 1. The number of amidine groups is 1. The van der Waals surface area contributed by atoms with E-state index in [2.05, 4.69) is 37.3 Å². The van der Waals surface area contributed by atoms with Crippen LogP contribution < -0.4 is 5.32 Å². The Morgan fingerprint density at radius 3 is 2.69 bits per heavy atom. The zero-order valence-electron chi connectivity index (χ0n) is 15.8. The van der Waals surface area contributed by atoms with Gasteiger partial charge in [0.1, 0.15) is 11.7 Å². The van der Waals surface area contributed by atoms with E-state index in [0.29, 0.717) is 45.8 Å². The largest absolute Gasteiger partial charge is 0.366 e. The van der Waals surface area contributed by atoms with E-state index in [0.717, 1.165) is 24.8 Å². The normalized spacial score (nSPS) is 20.4. The monoisotopic (exact) mass is 394 g/mol. The van der Waals surface area contributed by atoms with Crippen molar-refractivity contribution >= 4 is 29.0 Å². The average molecular weight is 395 g/mol. The summed E-state index contributed by atoms with van der Waals surface area (Å²) >= 11 is 12.1. The SMILES string of the molecule is C=C(C)C1C(CC(C)C)CCC(=N)N1C(=C)NCc1ncc(Cl)cc1Cl. The number of halogens is 2. The maximum atomic E-state index is 8.45. The molecule has 0 amide bonds. The fourth-order valence-electron chi connectivity index (χ4n) is 3.63. The lowest BCUT2D eigenvalue weighted by Gasteiger charge is -2.44. The smallest absolute Gasteiger partial charge is 0.102 e. The number of aromatic nitrogens is 1. The second kappa shape index (κ2) is 8.92. The van der Waals surface area contributed by atoms with Gasteiger partial charge in [-0.25, -0.2) is 0 Å². The molecule has 1 aromatic heterocycles. The number of rotatable bonds is 7. The first-order valence-electron chi connectivity index (χ1n) is 8.95. The molecule has 0 saturated carbocycles. The zero-order valence-corrected chi connectivity index (χ0v) is 17.3. The summed E-state index contributed by atoms with van der Waals surface area (Å²) in [6.45, 7) is 15.3. The number of hydrogen-bond acceptors (Lipinski definition) is 3. The predicted molar refractivity (Wildman–Crippen MR) is 111 cm³/mol. The first kappa shape index (κ1) is 20.8. The topological polar surface area (TPSA) is 52.0 Å². The van der Waals surface area contributed by atoms with Crippen LogP contribution in [0.25, 0.3) is 0 Å². The highest BCUT2D eigenvalue weighted by Crippen LogP contribution is 2.35. The van der Waals surface area contributed by atoms with E-state index in [-0.39, 0.29) is 6.04 Å². The summed E-state index contributed by atoms with van der Waals surface area (Å²) in [5.41, 5.74) is 1.76. The van der Waals surface area contributed by atoms with E-state index in [1.165, 1.54) is 0 Å². The van der Waals surface area contributed by atoms with Gasteiger partial charge in [-0.15, -0.1) is 0 Å². The first-order chi connectivity index (χ1) is 12.2. The van der Waals surface area contributed by atoms with Gasteiger partial charge in [0.05, 0.1) is 28.3 Å². The van der Waals surface area contributed by atoms with Crippen LogP contribution in [0.1, 0.15) is 45.7 Å². The van der Waals surface area contributed by atoms with E-state index in [1.807, 2.05) is 11.8 Å². The first-order valence-corrected chi connectivity index (χ1v) is 9.71. The van der Waals surface area contributed by atoms with Crippen molar-refractivity contribution < 1.29 is 0 Å². The van der Waals surface area contributed by atoms with Crippen molar-refractivity contribution in [1.29, 1.82) is 5.41 Å². The molecule has 0 aromatic carbocycles. The molecular weight excluding hydrogens is 367 g/mol. The molecule has 4 nitrogen and oxygen atoms in total. The molecule has 2 N–H and O–H groups in total.